The highest BCUT2D eigenvalue weighted by molar-refractivity contribution is 5.94. The van der Waals surface area contributed by atoms with Gasteiger partial charge in [0.2, 0.25) is 0 Å². The molecule has 6 aromatic rings. The van der Waals surface area contributed by atoms with Gasteiger partial charge >= 0.3 is 0 Å². The molecule has 0 bridgehead atoms. The highest BCUT2D eigenvalue weighted by atomic mass is 16.5. The van der Waals surface area contributed by atoms with Gasteiger partial charge in [-0.3, -0.25) is 15.0 Å². The van der Waals surface area contributed by atoms with Crippen LogP contribution in [0.5, 0.6) is 0 Å². The lowest BCUT2D eigenvalue weighted by molar-refractivity contribution is 0.0121. The van der Waals surface area contributed by atoms with Gasteiger partial charge in [0.1, 0.15) is 5.69 Å². The number of anilines is 4. The lowest BCUT2D eigenvalue weighted by Gasteiger charge is -2.27. The van der Waals surface area contributed by atoms with Crippen molar-refractivity contribution in [2.45, 2.75) is 45.6 Å². The number of ether oxygens (including phenoxy) is 1. The zero-order valence-corrected chi connectivity index (χ0v) is 25.3. The number of aromatic nitrogens is 5. The Labute approximate surface area is 256 Å². The molecule has 1 saturated carbocycles. The van der Waals surface area contributed by atoms with Gasteiger partial charge in [0.15, 0.2) is 5.82 Å². The lowest BCUT2D eigenvalue weighted by Crippen LogP contribution is -2.27. The average Bonchev–Trinajstić information content (AvgIpc) is 3.42. The van der Waals surface area contributed by atoms with E-state index in [1.165, 1.54) is 5.56 Å². The number of pyridine rings is 3. The number of imidazole rings is 1. The molecule has 1 saturated heterocycles. The van der Waals surface area contributed by atoms with Crippen molar-refractivity contribution in [3.05, 3.63) is 96.1 Å². The summed E-state index contributed by atoms with van der Waals surface area (Å²) in [6.45, 7) is 9.45. The highest BCUT2D eigenvalue weighted by Gasteiger charge is 2.66. The molecule has 0 unspecified atom stereocenters. The summed E-state index contributed by atoms with van der Waals surface area (Å²) in [5, 5.41) is 8.21. The van der Waals surface area contributed by atoms with Gasteiger partial charge in [0.25, 0.3) is 0 Å². The zero-order chi connectivity index (χ0) is 30.0. The Morgan fingerprint density at radius 2 is 1.66 bits per heavy atom. The van der Waals surface area contributed by atoms with Crippen molar-refractivity contribution in [3.63, 3.8) is 0 Å². The first-order chi connectivity index (χ1) is 21.4. The van der Waals surface area contributed by atoms with Crippen LogP contribution in [0.4, 0.5) is 22.7 Å². The molecule has 8 heteroatoms. The average molecular weight is 582 g/mol. The molecule has 2 fully saturated rings. The van der Waals surface area contributed by atoms with E-state index in [4.69, 9.17) is 19.7 Å². The fourth-order valence-electron chi connectivity index (χ4n) is 7.52. The molecule has 0 radical (unpaired) electrons. The number of aromatic amines is 1. The number of nitrogens with zero attached hydrogens (tertiary/aromatic N) is 4. The largest absolute Gasteiger partial charge is 0.378 e. The van der Waals surface area contributed by atoms with Crippen LogP contribution >= 0.6 is 0 Å². The van der Waals surface area contributed by atoms with Gasteiger partial charge in [-0.25, -0.2) is 4.98 Å². The van der Waals surface area contributed by atoms with Crippen LogP contribution in [0.15, 0.2) is 79.1 Å². The van der Waals surface area contributed by atoms with E-state index >= 15 is 0 Å². The van der Waals surface area contributed by atoms with Crippen LogP contribution in [0.25, 0.3) is 33.5 Å². The van der Waals surface area contributed by atoms with Crippen molar-refractivity contribution in [3.8, 4) is 11.5 Å². The van der Waals surface area contributed by atoms with Crippen LogP contribution in [0.1, 0.15) is 37.2 Å². The van der Waals surface area contributed by atoms with Gasteiger partial charge in [-0.2, -0.15) is 0 Å². The van der Waals surface area contributed by atoms with Crippen molar-refractivity contribution in [2.24, 2.45) is 11.8 Å². The van der Waals surface area contributed by atoms with Crippen molar-refractivity contribution in [1.82, 2.24) is 24.9 Å². The number of nitrogens with one attached hydrogen (secondary N) is 3. The van der Waals surface area contributed by atoms with Crippen LogP contribution in [0.3, 0.4) is 0 Å². The molecule has 2 aliphatic rings. The van der Waals surface area contributed by atoms with E-state index in [9.17, 15) is 0 Å². The number of benzene rings is 2. The van der Waals surface area contributed by atoms with Crippen molar-refractivity contribution < 1.29 is 4.74 Å². The molecule has 2 aromatic carbocycles. The van der Waals surface area contributed by atoms with Gasteiger partial charge in [-0.05, 0) is 105 Å². The maximum Gasteiger partial charge on any atom is 0.157 e. The Hall–Kier alpha value is -4.82. The predicted molar refractivity (Wildman–Crippen MR) is 176 cm³/mol. The van der Waals surface area contributed by atoms with Gasteiger partial charge < -0.3 is 20.4 Å². The quantitative estimate of drug-likeness (QED) is 0.183. The molecule has 220 valence electrons. The Balaban J connectivity index is 1.05. The molecule has 0 amide bonds. The Morgan fingerprint density at radius 1 is 0.818 bits per heavy atom. The van der Waals surface area contributed by atoms with Crippen molar-refractivity contribution in [1.29, 1.82) is 0 Å². The summed E-state index contributed by atoms with van der Waals surface area (Å²) in [6.07, 6.45) is 5.05. The molecular formula is C36H35N7O. The second-order valence-electron chi connectivity index (χ2n) is 12.4. The van der Waals surface area contributed by atoms with Gasteiger partial charge in [-0.1, -0.05) is 13.0 Å². The van der Waals surface area contributed by atoms with Crippen LogP contribution in [0, 0.1) is 25.7 Å². The zero-order valence-electron chi connectivity index (χ0n) is 25.3. The van der Waals surface area contributed by atoms with Crippen LogP contribution in [0.2, 0.25) is 0 Å². The maximum atomic E-state index is 6.00. The smallest absolute Gasteiger partial charge is 0.157 e. The molecule has 0 spiro atoms. The van der Waals surface area contributed by atoms with E-state index in [2.05, 4.69) is 70.8 Å². The standard InChI is InChI=1S/C36H35N7O/c1-20-15-26(11-13-37-20)40-25-6-9-30-33(18-25)43-35(42-30)31-10-7-27(19-38-31)41-32-16-21(2)39-29-8-5-24(17-28(29)32)36-12-14-44-23(4)34(36)22(36)3/h5-11,13,15-19,22-23,34H,12,14H2,1-4H3,(H,37,40)(H,39,41)(H,42,43)/t22-,23+,34+,36-/m1/s1. The van der Waals surface area contributed by atoms with E-state index < -0.39 is 0 Å². The topological polar surface area (TPSA) is 101 Å². The first kappa shape index (κ1) is 26.8. The lowest BCUT2D eigenvalue weighted by atomic mass is 9.85. The van der Waals surface area contributed by atoms with E-state index in [1.54, 1.807) is 6.20 Å². The number of H-pyrrole nitrogens is 1. The first-order valence-corrected chi connectivity index (χ1v) is 15.3. The highest BCUT2D eigenvalue weighted by Crippen LogP contribution is 2.66. The van der Waals surface area contributed by atoms with E-state index in [-0.39, 0.29) is 5.41 Å². The first-order valence-electron chi connectivity index (χ1n) is 15.3. The third-order valence-electron chi connectivity index (χ3n) is 9.67. The third-order valence-corrected chi connectivity index (χ3v) is 9.67. The number of rotatable bonds is 6. The number of hydrogen-bond acceptors (Lipinski definition) is 7. The molecule has 44 heavy (non-hydrogen) atoms. The van der Waals surface area contributed by atoms with Gasteiger partial charge in [-0.15, -0.1) is 0 Å². The molecule has 1 aliphatic carbocycles. The molecule has 3 N–H and O–H groups in total. The fraction of sp³-hybridized carbons (Fsp3) is 0.278. The summed E-state index contributed by atoms with van der Waals surface area (Å²) in [5.41, 5.74) is 11.1. The van der Waals surface area contributed by atoms with Crippen molar-refractivity contribution in [2.75, 3.05) is 17.2 Å². The Kier molecular flexibility index (Phi) is 6.17. The summed E-state index contributed by atoms with van der Waals surface area (Å²) < 4.78 is 6.00. The van der Waals surface area contributed by atoms with E-state index in [0.717, 1.165) is 80.6 Å². The molecule has 5 heterocycles. The predicted octanol–water partition coefficient (Wildman–Crippen LogP) is 7.98. The normalized spacial score (nSPS) is 22.6. The fourth-order valence-corrected chi connectivity index (χ4v) is 7.52. The molecular weight excluding hydrogens is 546 g/mol. The van der Waals surface area contributed by atoms with Crippen LogP contribution in [-0.4, -0.2) is 37.6 Å². The summed E-state index contributed by atoms with van der Waals surface area (Å²) in [6, 6.07) is 23.1. The van der Waals surface area contributed by atoms with Crippen LogP contribution < -0.4 is 10.6 Å². The molecule has 4 aromatic heterocycles. The SMILES string of the molecule is Cc1cc(Nc2ccc3nc(-c4ccc(Nc5cc(C)nc6ccc([C@]78CCO[C@@H](C)[C@@H]7[C@H]8C)cc56)cn4)[nH]c3c2)ccn1. The number of fused-ring (bicyclic) bond motifs is 3. The number of aryl methyl sites for hydroxylation is 2. The van der Waals surface area contributed by atoms with Gasteiger partial charge in [0, 0.05) is 52.1 Å². The minimum absolute atomic E-state index is 0.207. The second kappa shape index (κ2) is 10.1. The molecule has 1 aliphatic heterocycles. The number of hydrogen-bond donors (Lipinski definition) is 3. The summed E-state index contributed by atoms with van der Waals surface area (Å²) in [5.74, 6) is 1.93. The maximum absolute atomic E-state index is 6.00. The summed E-state index contributed by atoms with van der Waals surface area (Å²) >= 11 is 0. The third kappa shape index (κ3) is 4.48. The molecule has 8 rings (SSSR count). The Bertz CT molecular complexity index is 2040. The molecule has 4 atom stereocenters. The summed E-state index contributed by atoms with van der Waals surface area (Å²) in [7, 11) is 0. The minimum Gasteiger partial charge on any atom is -0.378 e. The van der Waals surface area contributed by atoms with Gasteiger partial charge in [0.05, 0.1) is 34.5 Å². The summed E-state index contributed by atoms with van der Waals surface area (Å²) in [4.78, 5) is 22.1. The van der Waals surface area contributed by atoms with Crippen molar-refractivity contribution >= 4 is 44.7 Å². The van der Waals surface area contributed by atoms with Crippen LogP contribution in [-0.2, 0) is 10.2 Å². The Morgan fingerprint density at radius 3 is 2.50 bits per heavy atom. The molecule has 8 nitrogen and oxygen atoms in total. The second-order valence-corrected chi connectivity index (χ2v) is 12.4. The monoisotopic (exact) mass is 581 g/mol. The van der Waals surface area contributed by atoms with E-state index in [1.807, 2.05) is 50.4 Å². The minimum atomic E-state index is 0.207. The van der Waals surface area contributed by atoms with E-state index in [0.29, 0.717) is 17.9 Å².